The van der Waals surface area contributed by atoms with Crippen LogP contribution in [0, 0.1) is 0 Å². The van der Waals surface area contributed by atoms with Crippen LogP contribution in [0.3, 0.4) is 0 Å². The van der Waals surface area contributed by atoms with Gasteiger partial charge in [0.1, 0.15) is 4.88 Å². The molecule has 1 N–H and O–H groups in total. The predicted molar refractivity (Wildman–Crippen MR) is 81.4 cm³/mol. The Hall–Kier alpha value is -1.03. The van der Waals surface area contributed by atoms with Crippen LogP contribution in [0.2, 0.25) is 5.02 Å². The largest absolute Gasteiger partial charge is 0.347 e. The number of thiophene rings is 1. The molecule has 0 radical (unpaired) electrons. The smallest absolute Gasteiger partial charge is 0.263 e. The maximum atomic E-state index is 12.0. The molecular formula is C14H13Cl2NOS. The molecule has 19 heavy (non-hydrogen) atoms. The Morgan fingerprint density at radius 1 is 1.26 bits per heavy atom. The van der Waals surface area contributed by atoms with Crippen molar-refractivity contribution in [2.24, 2.45) is 0 Å². The first-order chi connectivity index (χ1) is 9.20. The summed E-state index contributed by atoms with van der Waals surface area (Å²) < 4.78 is 0. The average Bonchev–Trinajstić information content (AvgIpc) is 2.85. The van der Waals surface area contributed by atoms with Gasteiger partial charge in [0, 0.05) is 11.9 Å². The summed E-state index contributed by atoms with van der Waals surface area (Å²) in [6.07, 6.45) is 0.707. The number of rotatable bonds is 5. The summed E-state index contributed by atoms with van der Waals surface area (Å²) in [5, 5.41) is 5.19. The summed E-state index contributed by atoms with van der Waals surface area (Å²) in [7, 11) is 0. The zero-order valence-electron chi connectivity index (χ0n) is 10.1. The molecule has 0 bridgehead atoms. The summed E-state index contributed by atoms with van der Waals surface area (Å²) in [4.78, 5) is 12.6. The van der Waals surface area contributed by atoms with E-state index in [0.717, 1.165) is 5.56 Å². The Bertz CT molecular complexity index is 541. The molecule has 1 aromatic heterocycles. The van der Waals surface area contributed by atoms with E-state index in [1.807, 2.05) is 30.3 Å². The summed E-state index contributed by atoms with van der Waals surface area (Å²) in [5.74, 6) is 0.200. The van der Waals surface area contributed by atoms with Gasteiger partial charge in [-0.25, -0.2) is 0 Å². The Balaban J connectivity index is 2.00. The van der Waals surface area contributed by atoms with Gasteiger partial charge in [0.2, 0.25) is 0 Å². The fourth-order valence-electron chi connectivity index (χ4n) is 1.75. The molecule has 0 saturated heterocycles. The Morgan fingerprint density at radius 3 is 2.58 bits per heavy atom. The Kier molecular flexibility index (Phi) is 5.25. The highest BCUT2D eigenvalue weighted by atomic mass is 35.5. The lowest BCUT2D eigenvalue weighted by molar-refractivity contribution is 0.0945. The van der Waals surface area contributed by atoms with E-state index in [0.29, 0.717) is 22.2 Å². The van der Waals surface area contributed by atoms with Gasteiger partial charge in [-0.2, -0.15) is 0 Å². The molecule has 2 aromatic rings. The third-order valence-electron chi connectivity index (χ3n) is 2.67. The number of alkyl halides is 1. The van der Waals surface area contributed by atoms with E-state index in [2.05, 4.69) is 5.32 Å². The molecule has 0 saturated carbocycles. The molecule has 0 aliphatic heterocycles. The van der Waals surface area contributed by atoms with Gasteiger partial charge < -0.3 is 5.32 Å². The van der Waals surface area contributed by atoms with Crippen LogP contribution in [0.5, 0.6) is 0 Å². The standard InChI is InChI=1S/C14H13Cl2NOS/c15-9-11(8-10-4-2-1-3-5-10)17-14(18)13-12(16)6-7-19-13/h1-7,11H,8-9H2,(H,17,18). The van der Waals surface area contributed by atoms with Crippen LogP contribution in [0.1, 0.15) is 15.2 Å². The van der Waals surface area contributed by atoms with E-state index in [-0.39, 0.29) is 11.9 Å². The lowest BCUT2D eigenvalue weighted by Gasteiger charge is -2.15. The highest BCUT2D eigenvalue weighted by Crippen LogP contribution is 2.22. The molecule has 1 unspecified atom stereocenters. The summed E-state index contributed by atoms with van der Waals surface area (Å²) in [6, 6.07) is 11.6. The molecule has 2 nitrogen and oxygen atoms in total. The SMILES string of the molecule is O=C(NC(CCl)Cc1ccccc1)c1sccc1Cl. The van der Waals surface area contributed by atoms with Crippen LogP contribution in [-0.4, -0.2) is 17.8 Å². The second-order valence-electron chi connectivity index (χ2n) is 4.11. The number of hydrogen-bond donors (Lipinski definition) is 1. The Labute approximate surface area is 126 Å². The predicted octanol–water partition coefficient (Wildman–Crippen LogP) is 3.98. The van der Waals surface area contributed by atoms with Crippen molar-refractivity contribution in [1.29, 1.82) is 0 Å². The molecule has 0 spiro atoms. The molecule has 2 rings (SSSR count). The van der Waals surface area contributed by atoms with Crippen molar-refractivity contribution >= 4 is 40.4 Å². The molecule has 0 aliphatic rings. The molecule has 100 valence electrons. The molecule has 5 heteroatoms. The van der Waals surface area contributed by atoms with Crippen molar-refractivity contribution < 1.29 is 4.79 Å². The maximum Gasteiger partial charge on any atom is 0.263 e. The monoisotopic (exact) mass is 313 g/mol. The molecule has 1 amide bonds. The van der Waals surface area contributed by atoms with Crippen LogP contribution < -0.4 is 5.32 Å². The first-order valence-corrected chi connectivity index (χ1v) is 7.63. The van der Waals surface area contributed by atoms with E-state index in [1.165, 1.54) is 11.3 Å². The van der Waals surface area contributed by atoms with Crippen molar-refractivity contribution in [3.8, 4) is 0 Å². The van der Waals surface area contributed by atoms with Gasteiger partial charge in [-0.1, -0.05) is 41.9 Å². The second kappa shape index (κ2) is 6.94. The highest BCUT2D eigenvalue weighted by Gasteiger charge is 2.16. The van der Waals surface area contributed by atoms with Gasteiger partial charge >= 0.3 is 0 Å². The topological polar surface area (TPSA) is 29.1 Å². The minimum Gasteiger partial charge on any atom is -0.347 e. The minimum absolute atomic E-state index is 0.102. The number of nitrogens with one attached hydrogen (secondary N) is 1. The van der Waals surface area contributed by atoms with Gasteiger partial charge in [0.05, 0.1) is 5.02 Å². The van der Waals surface area contributed by atoms with E-state index in [4.69, 9.17) is 23.2 Å². The van der Waals surface area contributed by atoms with E-state index < -0.39 is 0 Å². The first-order valence-electron chi connectivity index (χ1n) is 5.84. The first kappa shape index (κ1) is 14.4. The highest BCUT2D eigenvalue weighted by molar-refractivity contribution is 7.12. The number of carbonyl (C=O) groups is 1. The lowest BCUT2D eigenvalue weighted by atomic mass is 10.1. The summed E-state index contributed by atoms with van der Waals surface area (Å²) in [5.41, 5.74) is 1.14. The van der Waals surface area contributed by atoms with Crippen molar-refractivity contribution in [2.45, 2.75) is 12.5 Å². The Morgan fingerprint density at radius 2 is 2.00 bits per heavy atom. The minimum atomic E-state index is -0.165. The lowest BCUT2D eigenvalue weighted by Crippen LogP contribution is -2.37. The fraction of sp³-hybridized carbons (Fsp3) is 0.214. The van der Waals surface area contributed by atoms with Crippen molar-refractivity contribution in [1.82, 2.24) is 5.32 Å². The van der Waals surface area contributed by atoms with Gasteiger partial charge in [0.25, 0.3) is 5.91 Å². The van der Waals surface area contributed by atoms with Crippen molar-refractivity contribution in [3.63, 3.8) is 0 Å². The number of benzene rings is 1. The summed E-state index contributed by atoms with van der Waals surface area (Å²) in [6.45, 7) is 0. The van der Waals surface area contributed by atoms with Crippen molar-refractivity contribution in [3.05, 3.63) is 57.2 Å². The zero-order chi connectivity index (χ0) is 13.7. The molecular weight excluding hydrogens is 301 g/mol. The van der Waals surface area contributed by atoms with Gasteiger partial charge in [-0.05, 0) is 23.4 Å². The maximum absolute atomic E-state index is 12.0. The molecule has 0 fully saturated rings. The number of amides is 1. The average molecular weight is 314 g/mol. The summed E-state index contributed by atoms with van der Waals surface area (Å²) >= 11 is 13.2. The van der Waals surface area contributed by atoms with Gasteiger partial charge in [-0.15, -0.1) is 22.9 Å². The second-order valence-corrected chi connectivity index (χ2v) is 5.74. The molecule has 0 aliphatic carbocycles. The van der Waals surface area contributed by atoms with Crippen LogP contribution in [0.25, 0.3) is 0 Å². The van der Waals surface area contributed by atoms with Crippen LogP contribution in [-0.2, 0) is 6.42 Å². The third kappa shape index (κ3) is 3.96. The van der Waals surface area contributed by atoms with Crippen LogP contribution >= 0.6 is 34.5 Å². The zero-order valence-corrected chi connectivity index (χ0v) is 12.4. The van der Waals surface area contributed by atoms with Crippen LogP contribution in [0.4, 0.5) is 0 Å². The normalized spacial score (nSPS) is 12.1. The van der Waals surface area contributed by atoms with E-state index >= 15 is 0 Å². The number of hydrogen-bond acceptors (Lipinski definition) is 2. The quantitative estimate of drug-likeness (QED) is 0.831. The molecule has 1 heterocycles. The number of halogens is 2. The van der Waals surface area contributed by atoms with Crippen molar-refractivity contribution in [2.75, 3.05) is 5.88 Å². The number of carbonyl (C=O) groups excluding carboxylic acids is 1. The van der Waals surface area contributed by atoms with Gasteiger partial charge in [0.15, 0.2) is 0 Å². The molecule has 1 aromatic carbocycles. The third-order valence-corrected chi connectivity index (χ3v) is 4.38. The van der Waals surface area contributed by atoms with E-state index in [9.17, 15) is 4.79 Å². The molecule has 1 atom stereocenters. The van der Waals surface area contributed by atoms with Crippen LogP contribution in [0.15, 0.2) is 41.8 Å². The van der Waals surface area contributed by atoms with E-state index in [1.54, 1.807) is 11.4 Å². The fourth-order valence-corrected chi connectivity index (χ4v) is 2.98. The van der Waals surface area contributed by atoms with Gasteiger partial charge in [-0.3, -0.25) is 4.79 Å².